The molecule has 0 spiro atoms. The van der Waals surface area contributed by atoms with Crippen molar-refractivity contribution >= 4 is 75.9 Å². The number of aliphatic hydroxyl groups is 1. The summed E-state index contributed by atoms with van der Waals surface area (Å²) in [5.74, 6) is -8.60. The molecule has 28 heteroatoms. The Balaban J connectivity index is 1.07. The van der Waals surface area contributed by atoms with Gasteiger partial charge in [-0.15, -0.1) is 0 Å². The SMILES string of the molecule is COc1ccc(C[C@@H]2NC(=O)[C@H]([C@@H](C)O)NC(=O)[C@@H]3[C@@H]4CCN3C(=O)[C@H](Cc3c[nH]c5ccc(F)cc35)NC(=O)[C@H](Cc3cccc(c3)CNC(=O)CO4)NC(=O)[C@@H](C)NC(=O)[C@H](CN)NC(=O)CCC(=O)NCc3ccc(cc3)CCNC(=O)[C@]3(C)CCCN3C2=O)cc1. The van der Waals surface area contributed by atoms with Crippen molar-refractivity contribution in [1.29, 1.82) is 0 Å². The van der Waals surface area contributed by atoms with Crippen LogP contribution in [0.1, 0.15) is 86.3 Å². The van der Waals surface area contributed by atoms with Gasteiger partial charge in [0.15, 0.2) is 0 Å². The summed E-state index contributed by atoms with van der Waals surface area (Å²) in [4.78, 5) is 164. The maximum atomic E-state index is 15.6. The maximum Gasteiger partial charge on any atom is 0.246 e. The van der Waals surface area contributed by atoms with Crippen LogP contribution < -0.4 is 58.3 Å². The number of aromatic nitrogens is 1. The molecule has 27 nitrogen and oxygen atoms in total. The second kappa shape index (κ2) is 31.4. The van der Waals surface area contributed by atoms with Crippen molar-refractivity contribution in [2.75, 3.05) is 39.9 Å². The fourth-order valence-electron chi connectivity index (χ4n) is 12.3. The standard InChI is InChI=1S/C67H82FN13O14/c1-37-59(86)76-49-29-42-7-5-8-43(27-42)34-73-56(85)36-95-53-22-26-80(64(91)51(77-60(49)87)30-44-35-71-48-18-15-45(68)31-47(44)48)58(53)63(90)79-57(38(2)82)62(89)78-50(28-40-13-16-46(94-4)17-14-40)65(92)81-25-6-23-67(81,3)66(93)70-24-21-39-9-11-41(12-10-39)33-72-54(83)19-20-55(84)75-52(32-69)61(88)74-37/h5,7-18,27,31,35,37-38,49-53,57-58,71,82H,6,19-26,28-30,32-34,36,69H2,1-4H3,(H,70,93)(H,72,83)(H,73,85)(H,74,88)(H,75,84)(H,76,86)(H,77,87)(H,78,89)(H,79,90)/t37-,38-,49+,50+,51+,52+,53+,57+,58+,67+/m1/s1. The fraction of sp³-hybridized carbons (Fsp3) is 0.448. The van der Waals surface area contributed by atoms with E-state index < -0.39 is 144 Å². The average Bonchev–Trinajstić information content (AvgIpc) is 1.71. The van der Waals surface area contributed by atoms with Crippen LogP contribution in [-0.4, -0.2) is 185 Å². The Morgan fingerprint density at radius 3 is 2.12 bits per heavy atom. The minimum Gasteiger partial charge on any atom is -0.497 e. The largest absolute Gasteiger partial charge is 0.497 e. The minimum absolute atomic E-state index is 0.0486. The number of aromatic amines is 1. The van der Waals surface area contributed by atoms with Gasteiger partial charge in [0, 0.05) is 88.5 Å². The van der Waals surface area contributed by atoms with Gasteiger partial charge < -0.3 is 82.9 Å². The minimum atomic E-state index is -1.83. The van der Waals surface area contributed by atoms with Gasteiger partial charge in [-0.25, -0.2) is 4.39 Å². The predicted molar refractivity (Wildman–Crippen MR) is 342 cm³/mol. The van der Waals surface area contributed by atoms with Gasteiger partial charge in [-0.2, -0.15) is 0 Å². The zero-order valence-corrected chi connectivity index (χ0v) is 53.4. The third-order valence-corrected chi connectivity index (χ3v) is 17.7. The summed E-state index contributed by atoms with van der Waals surface area (Å²) in [6, 6.07) is 13.8. The first-order valence-electron chi connectivity index (χ1n) is 31.8. The molecule has 13 N–H and O–H groups in total. The molecule has 506 valence electrons. The van der Waals surface area contributed by atoms with E-state index in [0.29, 0.717) is 51.7 Å². The van der Waals surface area contributed by atoms with Gasteiger partial charge in [-0.05, 0) is 110 Å². The second-order valence-electron chi connectivity index (χ2n) is 24.6. The maximum absolute atomic E-state index is 15.6. The van der Waals surface area contributed by atoms with E-state index in [1.165, 1.54) is 50.3 Å². The Bertz CT molecular complexity index is 3680. The van der Waals surface area contributed by atoms with Gasteiger partial charge in [-0.1, -0.05) is 60.7 Å². The van der Waals surface area contributed by atoms with Crippen LogP contribution in [0.25, 0.3) is 10.9 Å². The van der Waals surface area contributed by atoms with Crippen LogP contribution in [0.3, 0.4) is 0 Å². The number of methoxy groups -OCH3 is 1. The Morgan fingerprint density at radius 1 is 0.684 bits per heavy atom. The molecule has 4 aromatic carbocycles. The summed E-state index contributed by atoms with van der Waals surface area (Å²) >= 11 is 0. The predicted octanol–water partition coefficient (Wildman–Crippen LogP) is -0.622. The molecule has 10 atom stereocenters. The summed E-state index contributed by atoms with van der Waals surface area (Å²) in [6.07, 6.45) is -1.68. The number of nitrogens with one attached hydrogen (secondary N) is 10. The van der Waals surface area contributed by atoms with Gasteiger partial charge in [0.25, 0.3) is 0 Å². The summed E-state index contributed by atoms with van der Waals surface area (Å²) < 4.78 is 26.5. The first-order chi connectivity index (χ1) is 45.5. The van der Waals surface area contributed by atoms with E-state index in [9.17, 15) is 43.1 Å². The lowest BCUT2D eigenvalue weighted by atomic mass is 9.95. The third-order valence-electron chi connectivity index (χ3n) is 17.7. The number of H-pyrrole nitrogens is 1. The third kappa shape index (κ3) is 17.5. The number of nitrogens with two attached hydrogens (primary N) is 1. The Kier molecular flexibility index (Phi) is 23.0. The van der Waals surface area contributed by atoms with Crippen LogP contribution in [0.15, 0.2) is 97.2 Å². The van der Waals surface area contributed by atoms with Gasteiger partial charge in [0.2, 0.25) is 65.0 Å². The molecule has 0 aliphatic carbocycles. The van der Waals surface area contributed by atoms with Crippen molar-refractivity contribution in [2.24, 2.45) is 5.73 Å². The van der Waals surface area contributed by atoms with Crippen molar-refractivity contribution in [1.82, 2.24) is 62.6 Å². The van der Waals surface area contributed by atoms with Crippen molar-refractivity contribution in [3.05, 3.63) is 136 Å². The molecule has 0 radical (unpaired) electrons. The highest BCUT2D eigenvalue weighted by Crippen LogP contribution is 2.32. The first-order valence-corrected chi connectivity index (χ1v) is 31.8. The molecular formula is C67H82FN13O14. The topological polar surface area (TPSA) is 383 Å². The molecule has 10 rings (SSSR count). The molecule has 2 saturated heterocycles. The number of carbonyl (C=O) groups is 11. The fourth-order valence-corrected chi connectivity index (χ4v) is 12.3. The van der Waals surface area contributed by atoms with Crippen molar-refractivity contribution in [3.63, 3.8) is 0 Å². The number of nitrogens with zero attached hydrogens (tertiary/aromatic N) is 2. The van der Waals surface area contributed by atoms with Crippen molar-refractivity contribution in [2.45, 2.75) is 152 Å². The molecule has 0 saturated carbocycles. The highest BCUT2D eigenvalue weighted by atomic mass is 19.1. The summed E-state index contributed by atoms with van der Waals surface area (Å²) in [5.41, 5.74) is 8.57. The molecule has 6 heterocycles. The molecule has 5 aliphatic rings. The Labute approximate surface area is 547 Å². The van der Waals surface area contributed by atoms with Crippen LogP contribution in [0.2, 0.25) is 0 Å². The Hall–Kier alpha value is -9.80. The Morgan fingerprint density at radius 2 is 1.38 bits per heavy atom. The smallest absolute Gasteiger partial charge is 0.246 e. The van der Waals surface area contributed by atoms with E-state index in [2.05, 4.69) is 52.8 Å². The van der Waals surface area contributed by atoms with E-state index in [0.717, 1.165) is 16.0 Å². The van der Waals surface area contributed by atoms with Crippen LogP contribution in [0.4, 0.5) is 4.39 Å². The number of aliphatic hydroxyl groups excluding tert-OH is 1. The van der Waals surface area contributed by atoms with Gasteiger partial charge >= 0.3 is 0 Å². The monoisotopic (exact) mass is 1310 g/mol. The number of rotatable bonds is 7. The zero-order valence-electron chi connectivity index (χ0n) is 53.4. The molecular weight excluding hydrogens is 1230 g/mol. The van der Waals surface area contributed by atoms with E-state index >= 15 is 19.2 Å². The average molecular weight is 1310 g/mol. The highest BCUT2D eigenvalue weighted by Gasteiger charge is 2.49. The molecule has 5 aliphatic heterocycles. The quantitative estimate of drug-likeness (QED) is 0.0904. The van der Waals surface area contributed by atoms with Crippen LogP contribution in [0.5, 0.6) is 5.75 Å². The zero-order chi connectivity index (χ0) is 68.1. The molecule has 5 aromatic rings. The normalized spacial score (nSPS) is 25.9. The summed E-state index contributed by atoms with van der Waals surface area (Å²) in [7, 11) is 1.49. The molecule has 1 aromatic heterocycles. The van der Waals surface area contributed by atoms with Crippen molar-refractivity contribution in [3.8, 4) is 5.75 Å². The lowest BCUT2D eigenvalue weighted by molar-refractivity contribution is -0.148. The lowest BCUT2D eigenvalue weighted by Gasteiger charge is -2.37. The van der Waals surface area contributed by atoms with Crippen LogP contribution in [0, 0.1) is 5.82 Å². The number of hydrogen-bond donors (Lipinski definition) is 12. The molecule has 0 unspecified atom stereocenters. The first kappa shape index (κ1) is 69.5. The molecule has 11 amide bonds. The van der Waals surface area contributed by atoms with E-state index in [-0.39, 0.29) is 77.7 Å². The van der Waals surface area contributed by atoms with Gasteiger partial charge in [0.1, 0.15) is 66.0 Å². The molecule has 95 heavy (non-hydrogen) atoms. The summed E-state index contributed by atoms with van der Waals surface area (Å²) in [6.45, 7) is 3.32. The second-order valence-corrected chi connectivity index (χ2v) is 24.6. The number of benzene rings is 4. The van der Waals surface area contributed by atoms with Gasteiger partial charge in [-0.3, -0.25) is 52.7 Å². The summed E-state index contributed by atoms with van der Waals surface area (Å²) in [5, 5.41) is 36.2. The number of ether oxygens (including phenoxy) is 2. The van der Waals surface area contributed by atoms with E-state index in [1.54, 1.807) is 67.6 Å². The highest BCUT2D eigenvalue weighted by molar-refractivity contribution is 6.00. The van der Waals surface area contributed by atoms with E-state index in [4.69, 9.17) is 15.2 Å². The number of amides is 11. The molecule has 2 fully saturated rings. The molecule has 8 bridgehead atoms. The number of halogens is 1. The van der Waals surface area contributed by atoms with Crippen molar-refractivity contribution < 1.29 is 71.7 Å². The van der Waals surface area contributed by atoms with E-state index in [1.807, 2.05) is 12.1 Å². The number of fused-ring (bicyclic) bond motifs is 26. The van der Waals surface area contributed by atoms with Gasteiger partial charge in [0.05, 0.1) is 19.3 Å². The lowest BCUT2D eigenvalue weighted by Crippen LogP contribution is -2.64. The number of hydrogen-bond acceptors (Lipinski definition) is 15. The van der Waals surface area contributed by atoms with Crippen LogP contribution in [-0.2, 0) is 96.2 Å². The number of carbonyl (C=O) groups excluding carboxylic acids is 11. The van der Waals surface area contributed by atoms with Crippen LogP contribution >= 0.6 is 0 Å².